The van der Waals surface area contributed by atoms with E-state index < -0.39 is 18.0 Å². The molecule has 0 aliphatic rings. The van der Waals surface area contributed by atoms with Gasteiger partial charge in [-0.25, -0.2) is 4.98 Å². The third kappa shape index (κ3) is 4.17. The van der Waals surface area contributed by atoms with Gasteiger partial charge in [0.2, 0.25) is 0 Å². The first-order valence-electron chi connectivity index (χ1n) is 8.76. The molecule has 0 radical (unpaired) electrons. The number of hydrogen-bond acceptors (Lipinski definition) is 7. The third-order valence-corrected chi connectivity index (χ3v) is 5.55. The number of para-hydroxylation sites is 1. The van der Waals surface area contributed by atoms with Gasteiger partial charge in [0.15, 0.2) is 6.10 Å². The molecule has 0 spiro atoms. The Kier molecular flexibility index (Phi) is 5.75. The number of aromatic nitrogens is 2. The topological polar surface area (TPSA) is 114 Å². The molecule has 0 saturated carbocycles. The quantitative estimate of drug-likeness (QED) is 0.647. The molecule has 1 atom stereocenters. The lowest BCUT2D eigenvalue weighted by Gasteiger charge is -2.14. The summed E-state index contributed by atoms with van der Waals surface area (Å²) in [6.45, 7) is 4.80. The van der Waals surface area contributed by atoms with Gasteiger partial charge in [0.25, 0.3) is 11.5 Å². The van der Waals surface area contributed by atoms with Gasteiger partial charge in [-0.15, -0.1) is 11.3 Å². The van der Waals surface area contributed by atoms with Crippen molar-refractivity contribution in [2.45, 2.75) is 33.4 Å². The lowest BCUT2D eigenvalue weighted by atomic mass is 10.2. The molecule has 0 saturated heterocycles. The van der Waals surface area contributed by atoms with Crippen molar-refractivity contribution in [1.29, 1.82) is 5.26 Å². The van der Waals surface area contributed by atoms with E-state index in [2.05, 4.69) is 10.3 Å². The molecule has 2 aromatic heterocycles. The lowest BCUT2D eigenvalue weighted by molar-refractivity contribution is -0.153. The molecule has 8 nitrogen and oxygen atoms in total. The fourth-order valence-electron chi connectivity index (χ4n) is 2.73. The standard InChI is InChI=1S/C20H18N4O4S/c1-11-13(3)29-19-17(11)20(27)24(10-22-19)9-16(25)28-12(2)18(26)23-15-7-5-4-6-14(15)8-21/h4-7,10,12H,9H2,1-3H3,(H,23,26)/t12-/m0/s1. The van der Waals surface area contributed by atoms with Crippen molar-refractivity contribution in [1.82, 2.24) is 9.55 Å². The van der Waals surface area contributed by atoms with Crippen molar-refractivity contribution in [2.75, 3.05) is 5.32 Å². The Morgan fingerprint density at radius 2 is 2.07 bits per heavy atom. The van der Waals surface area contributed by atoms with Gasteiger partial charge in [-0.3, -0.25) is 19.0 Å². The number of hydrogen-bond donors (Lipinski definition) is 1. The number of ether oxygens (including phenoxy) is 1. The van der Waals surface area contributed by atoms with Crippen LogP contribution in [0, 0.1) is 25.2 Å². The minimum Gasteiger partial charge on any atom is -0.451 e. The summed E-state index contributed by atoms with van der Waals surface area (Å²) in [7, 11) is 0. The molecule has 0 fully saturated rings. The van der Waals surface area contributed by atoms with E-state index in [4.69, 9.17) is 10.00 Å². The molecule has 0 aliphatic carbocycles. The summed E-state index contributed by atoms with van der Waals surface area (Å²) >= 11 is 1.42. The SMILES string of the molecule is Cc1sc2ncn(CC(=O)O[C@@H](C)C(=O)Nc3ccccc3C#N)c(=O)c2c1C. The number of amides is 1. The zero-order valence-electron chi connectivity index (χ0n) is 16.1. The van der Waals surface area contributed by atoms with E-state index >= 15 is 0 Å². The summed E-state index contributed by atoms with van der Waals surface area (Å²) in [4.78, 5) is 43.0. The second kappa shape index (κ2) is 8.24. The number of anilines is 1. The number of aryl methyl sites for hydroxylation is 2. The maximum atomic E-state index is 12.6. The van der Waals surface area contributed by atoms with Crippen molar-refractivity contribution >= 4 is 39.1 Å². The number of nitriles is 1. The van der Waals surface area contributed by atoms with Crippen LogP contribution in [0.3, 0.4) is 0 Å². The Hall–Kier alpha value is -3.51. The highest BCUT2D eigenvalue weighted by Gasteiger charge is 2.20. The first-order chi connectivity index (χ1) is 13.8. The highest BCUT2D eigenvalue weighted by Crippen LogP contribution is 2.25. The van der Waals surface area contributed by atoms with E-state index in [-0.39, 0.29) is 12.1 Å². The molecule has 2 heterocycles. The molecule has 3 rings (SSSR count). The van der Waals surface area contributed by atoms with Crippen LogP contribution in [0.5, 0.6) is 0 Å². The van der Waals surface area contributed by atoms with Crippen molar-refractivity contribution in [3.8, 4) is 6.07 Å². The number of benzene rings is 1. The van der Waals surface area contributed by atoms with Crippen LogP contribution in [-0.2, 0) is 20.9 Å². The number of esters is 1. The zero-order chi connectivity index (χ0) is 21.1. The van der Waals surface area contributed by atoms with Gasteiger partial charge in [0, 0.05) is 4.88 Å². The molecule has 0 bridgehead atoms. The van der Waals surface area contributed by atoms with Crippen LogP contribution in [0.4, 0.5) is 5.69 Å². The minimum absolute atomic E-state index is 0.298. The average Bonchev–Trinajstić information content (AvgIpc) is 2.99. The monoisotopic (exact) mass is 410 g/mol. The average molecular weight is 410 g/mol. The molecule has 9 heteroatoms. The smallest absolute Gasteiger partial charge is 0.326 e. The molecule has 0 unspecified atom stereocenters. The summed E-state index contributed by atoms with van der Waals surface area (Å²) in [6.07, 6.45) is 0.196. The number of carbonyl (C=O) groups excluding carboxylic acids is 2. The predicted molar refractivity (Wildman–Crippen MR) is 109 cm³/mol. The van der Waals surface area contributed by atoms with Crippen molar-refractivity contribution in [3.05, 3.63) is 57.0 Å². The van der Waals surface area contributed by atoms with Crippen LogP contribution in [0.1, 0.15) is 22.9 Å². The number of fused-ring (bicyclic) bond motifs is 1. The molecular formula is C20H18N4O4S. The summed E-state index contributed by atoms with van der Waals surface area (Å²) in [5.74, 6) is -1.32. The van der Waals surface area contributed by atoms with E-state index in [1.807, 2.05) is 19.9 Å². The molecule has 1 N–H and O–H groups in total. The van der Waals surface area contributed by atoms with Gasteiger partial charge in [0.1, 0.15) is 17.4 Å². The maximum Gasteiger partial charge on any atom is 0.326 e. The number of carbonyl (C=O) groups is 2. The number of nitrogens with one attached hydrogen (secondary N) is 1. The fraction of sp³-hybridized carbons (Fsp3) is 0.250. The zero-order valence-corrected chi connectivity index (χ0v) is 16.9. The van der Waals surface area contributed by atoms with Crippen LogP contribution in [0.15, 0.2) is 35.4 Å². The fourth-order valence-corrected chi connectivity index (χ4v) is 3.72. The van der Waals surface area contributed by atoms with Crippen molar-refractivity contribution < 1.29 is 14.3 Å². The summed E-state index contributed by atoms with van der Waals surface area (Å²) in [6, 6.07) is 8.47. The van der Waals surface area contributed by atoms with E-state index in [9.17, 15) is 14.4 Å². The van der Waals surface area contributed by atoms with E-state index in [0.717, 1.165) is 10.4 Å². The normalized spacial score (nSPS) is 11.7. The van der Waals surface area contributed by atoms with Crippen LogP contribution < -0.4 is 10.9 Å². The van der Waals surface area contributed by atoms with Crippen LogP contribution >= 0.6 is 11.3 Å². The Balaban J connectivity index is 1.69. The van der Waals surface area contributed by atoms with Gasteiger partial charge in [0.05, 0.1) is 23.0 Å². The molecule has 0 aliphatic heterocycles. The highest BCUT2D eigenvalue weighted by atomic mass is 32.1. The van der Waals surface area contributed by atoms with Crippen LogP contribution in [0.25, 0.3) is 10.2 Å². The van der Waals surface area contributed by atoms with Crippen molar-refractivity contribution in [2.24, 2.45) is 0 Å². The van der Waals surface area contributed by atoms with Crippen LogP contribution in [-0.4, -0.2) is 27.5 Å². The number of rotatable bonds is 5. The molecule has 29 heavy (non-hydrogen) atoms. The van der Waals surface area contributed by atoms with Gasteiger partial charge >= 0.3 is 5.97 Å². The third-order valence-electron chi connectivity index (χ3n) is 4.44. The first kappa shape index (κ1) is 20.2. The minimum atomic E-state index is -1.10. The molecule has 3 aromatic rings. The van der Waals surface area contributed by atoms with Gasteiger partial charge in [-0.2, -0.15) is 5.26 Å². The Bertz CT molecular complexity index is 1210. The predicted octanol–water partition coefficient (Wildman–Crippen LogP) is 2.52. The first-order valence-corrected chi connectivity index (χ1v) is 9.58. The molecule has 1 amide bonds. The summed E-state index contributed by atoms with van der Waals surface area (Å²) < 4.78 is 6.31. The Morgan fingerprint density at radius 3 is 2.79 bits per heavy atom. The highest BCUT2D eigenvalue weighted by molar-refractivity contribution is 7.18. The van der Waals surface area contributed by atoms with Gasteiger partial charge in [-0.05, 0) is 38.5 Å². The molecular weight excluding hydrogens is 392 g/mol. The van der Waals surface area contributed by atoms with Crippen LogP contribution in [0.2, 0.25) is 0 Å². The number of nitrogens with zero attached hydrogens (tertiary/aromatic N) is 3. The Labute approximate surface area is 170 Å². The molecule has 148 valence electrons. The largest absolute Gasteiger partial charge is 0.451 e. The van der Waals surface area contributed by atoms with E-state index in [1.54, 1.807) is 24.3 Å². The lowest BCUT2D eigenvalue weighted by Crippen LogP contribution is -2.33. The second-order valence-corrected chi connectivity index (χ2v) is 7.62. The second-order valence-electron chi connectivity index (χ2n) is 6.42. The summed E-state index contributed by atoms with van der Waals surface area (Å²) in [5, 5.41) is 12.1. The Morgan fingerprint density at radius 1 is 1.34 bits per heavy atom. The number of thiophene rings is 1. The van der Waals surface area contributed by atoms with E-state index in [0.29, 0.717) is 21.5 Å². The molecule has 1 aromatic carbocycles. The van der Waals surface area contributed by atoms with Gasteiger partial charge < -0.3 is 10.1 Å². The maximum absolute atomic E-state index is 12.6. The van der Waals surface area contributed by atoms with E-state index in [1.165, 1.54) is 29.2 Å². The summed E-state index contributed by atoms with van der Waals surface area (Å²) in [5.41, 5.74) is 1.15. The van der Waals surface area contributed by atoms with Gasteiger partial charge in [-0.1, -0.05) is 12.1 Å². The van der Waals surface area contributed by atoms with Crippen molar-refractivity contribution in [3.63, 3.8) is 0 Å².